The number of nitrogens with two attached hydrogens (primary N) is 1. The van der Waals surface area contributed by atoms with Gasteiger partial charge < -0.3 is 15.4 Å². The lowest BCUT2D eigenvalue weighted by molar-refractivity contribution is 0.409. The van der Waals surface area contributed by atoms with E-state index < -0.39 is 0 Å². The fourth-order valence-corrected chi connectivity index (χ4v) is 1.88. The second kappa shape index (κ2) is 6.38. The van der Waals surface area contributed by atoms with Gasteiger partial charge in [0, 0.05) is 24.8 Å². The Bertz CT molecular complexity index is 322. The van der Waals surface area contributed by atoms with Crippen LogP contribution in [0.25, 0.3) is 0 Å². The number of benzene rings is 1. The van der Waals surface area contributed by atoms with Gasteiger partial charge in [-0.1, -0.05) is 6.07 Å². The summed E-state index contributed by atoms with van der Waals surface area (Å²) >= 11 is 0. The molecule has 0 heterocycles. The molecule has 0 aliphatic rings. The summed E-state index contributed by atoms with van der Waals surface area (Å²) in [5, 5.41) is 0. The van der Waals surface area contributed by atoms with E-state index in [1.54, 1.807) is 7.11 Å². The smallest absolute Gasteiger partial charge is 0.124 e. The number of hydrogen-bond acceptors (Lipinski definition) is 3. The van der Waals surface area contributed by atoms with Crippen LogP contribution in [0.1, 0.15) is 19.4 Å². The number of methoxy groups -OCH3 is 1. The highest BCUT2D eigenvalue weighted by atomic mass is 16.5. The summed E-state index contributed by atoms with van der Waals surface area (Å²) in [5.74, 6) is 0.940. The van der Waals surface area contributed by atoms with Gasteiger partial charge in [0.15, 0.2) is 0 Å². The average molecular weight is 222 g/mol. The Labute approximate surface area is 98.2 Å². The summed E-state index contributed by atoms with van der Waals surface area (Å²) in [6, 6.07) is 6.35. The molecule has 0 fully saturated rings. The molecule has 0 saturated heterocycles. The zero-order valence-electron chi connectivity index (χ0n) is 10.5. The largest absolute Gasteiger partial charge is 0.496 e. The predicted molar refractivity (Wildman–Crippen MR) is 69.3 cm³/mol. The van der Waals surface area contributed by atoms with Gasteiger partial charge in [0.2, 0.25) is 0 Å². The van der Waals surface area contributed by atoms with Crippen molar-refractivity contribution in [3.05, 3.63) is 23.8 Å². The quantitative estimate of drug-likeness (QED) is 0.800. The van der Waals surface area contributed by atoms with Crippen molar-refractivity contribution >= 4 is 5.69 Å². The van der Waals surface area contributed by atoms with E-state index in [0.717, 1.165) is 25.3 Å². The summed E-state index contributed by atoms with van der Waals surface area (Å²) in [7, 11) is 1.71. The van der Waals surface area contributed by atoms with E-state index >= 15 is 0 Å². The van der Waals surface area contributed by atoms with Crippen molar-refractivity contribution in [1.29, 1.82) is 0 Å². The Kier molecular flexibility index (Phi) is 5.12. The molecule has 1 aromatic rings. The van der Waals surface area contributed by atoms with Crippen molar-refractivity contribution in [3.8, 4) is 5.75 Å². The predicted octanol–water partition coefficient (Wildman–Crippen LogP) is 2.04. The van der Waals surface area contributed by atoms with Crippen LogP contribution in [0.5, 0.6) is 5.75 Å². The molecular formula is C13H22N2O. The maximum Gasteiger partial charge on any atom is 0.124 e. The van der Waals surface area contributed by atoms with Crippen LogP contribution in [0.4, 0.5) is 5.69 Å². The Morgan fingerprint density at radius 3 is 2.44 bits per heavy atom. The summed E-state index contributed by atoms with van der Waals surface area (Å²) in [6.07, 6.45) is 0.863. The first-order valence-corrected chi connectivity index (χ1v) is 5.88. The van der Waals surface area contributed by atoms with Crippen LogP contribution >= 0.6 is 0 Å². The van der Waals surface area contributed by atoms with Crippen LogP contribution in [0, 0.1) is 0 Å². The van der Waals surface area contributed by atoms with Crippen LogP contribution in [-0.2, 0) is 6.42 Å². The Morgan fingerprint density at radius 1 is 1.25 bits per heavy atom. The van der Waals surface area contributed by atoms with Crippen molar-refractivity contribution in [1.82, 2.24) is 0 Å². The van der Waals surface area contributed by atoms with Crippen molar-refractivity contribution in [2.75, 3.05) is 31.6 Å². The van der Waals surface area contributed by atoms with Gasteiger partial charge >= 0.3 is 0 Å². The molecule has 3 heteroatoms. The number of nitrogens with zero attached hydrogens (tertiary/aromatic N) is 1. The van der Waals surface area contributed by atoms with Crippen LogP contribution in [0.2, 0.25) is 0 Å². The van der Waals surface area contributed by atoms with Gasteiger partial charge in [-0.2, -0.15) is 0 Å². The van der Waals surface area contributed by atoms with E-state index in [0.29, 0.717) is 6.54 Å². The van der Waals surface area contributed by atoms with Crippen LogP contribution in [0.3, 0.4) is 0 Å². The maximum absolute atomic E-state index is 5.57. The fourth-order valence-electron chi connectivity index (χ4n) is 1.88. The van der Waals surface area contributed by atoms with Crippen molar-refractivity contribution in [2.45, 2.75) is 20.3 Å². The van der Waals surface area contributed by atoms with Gasteiger partial charge in [0.05, 0.1) is 7.11 Å². The zero-order chi connectivity index (χ0) is 12.0. The molecule has 3 nitrogen and oxygen atoms in total. The SMILES string of the molecule is CCN(CC)c1ccc(CCN)c(OC)c1. The molecule has 90 valence electrons. The molecule has 0 aromatic heterocycles. The van der Waals surface area contributed by atoms with Crippen LogP contribution < -0.4 is 15.4 Å². The average Bonchev–Trinajstić information content (AvgIpc) is 2.32. The number of ether oxygens (including phenoxy) is 1. The van der Waals surface area contributed by atoms with Crippen molar-refractivity contribution in [2.24, 2.45) is 5.73 Å². The third-order valence-corrected chi connectivity index (χ3v) is 2.81. The highest BCUT2D eigenvalue weighted by molar-refractivity contribution is 5.53. The number of anilines is 1. The molecule has 0 aliphatic heterocycles. The van der Waals surface area contributed by atoms with Gasteiger partial charge in [0.25, 0.3) is 0 Å². The third kappa shape index (κ3) is 2.89. The minimum absolute atomic E-state index is 0.654. The molecule has 0 spiro atoms. The minimum atomic E-state index is 0.654. The van der Waals surface area contributed by atoms with Gasteiger partial charge in [0.1, 0.15) is 5.75 Å². The molecule has 1 aromatic carbocycles. The van der Waals surface area contributed by atoms with E-state index in [2.05, 4.69) is 36.9 Å². The fraction of sp³-hybridized carbons (Fsp3) is 0.538. The van der Waals surface area contributed by atoms with E-state index in [-0.39, 0.29) is 0 Å². The topological polar surface area (TPSA) is 38.5 Å². The van der Waals surface area contributed by atoms with Gasteiger partial charge in [-0.3, -0.25) is 0 Å². The lowest BCUT2D eigenvalue weighted by Crippen LogP contribution is -2.21. The molecule has 0 atom stereocenters. The molecule has 16 heavy (non-hydrogen) atoms. The van der Waals surface area contributed by atoms with E-state index in [9.17, 15) is 0 Å². The molecule has 0 unspecified atom stereocenters. The van der Waals surface area contributed by atoms with Crippen LogP contribution in [0.15, 0.2) is 18.2 Å². The minimum Gasteiger partial charge on any atom is -0.496 e. The molecule has 2 N–H and O–H groups in total. The first-order chi connectivity index (χ1) is 7.76. The number of rotatable bonds is 6. The lowest BCUT2D eigenvalue weighted by atomic mass is 10.1. The molecular weight excluding hydrogens is 200 g/mol. The highest BCUT2D eigenvalue weighted by Gasteiger charge is 2.07. The van der Waals surface area contributed by atoms with Crippen molar-refractivity contribution in [3.63, 3.8) is 0 Å². The Balaban J connectivity index is 2.98. The molecule has 0 radical (unpaired) electrons. The summed E-state index contributed by atoms with van der Waals surface area (Å²) in [6.45, 7) is 6.99. The zero-order valence-corrected chi connectivity index (χ0v) is 10.5. The third-order valence-electron chi connectivity index (χ3n) is 2.81. The summed E-state index contributed by atoms with van der Waals surface area (Å²) < 4.78 is 5.40. The maximum atomic E-state index is 5.57. The molecule has 0 saturated carbocycles. The van der Waals surface area contributed by atoms with E-state index in [1.807, 2.05) is 0 Å². The van der Waals surface area contributed by atoms with Crippen LogP contribution in [-0.4, -0.2) is 26.7 Å². The monoisotopic (exact) mass is 222 g/mol. The summed E-state index contributed by atoms with van der Waals surface area (Å²) in [4.78, 5) is 2.30. The Morgan fingerprint density at radius 2 is 1.94 bits per heavy atom. The second-order valence-electron chi connectivity index (χ2n) is 3.71. The first kappa shape index (κ1) is 12.8. The Hall–Kier alpha value is -1.22. The highest BCUT2D eigenvalue weighted by Crippen LogP contribution is 2.25. The van der Waals surface area contributed by atoms with Gasteiger partial charge in [-0.15, -0.1) is 0 Å². The lowest BCUT2D eigenvalue weighted by Gasteiger charge is -2.22. The standard InChI is InChI=1S/C13H22N2O/c1-4-15(5-2)12-7-6-11(8-9-14)13(10-12)16-3/h6-7,10H,4-5,8-9,14H2,1-3H3. The molecule has 0 bridgehead atoms. The van der Waals surface area contributed by atoms with E-state index in [4.69, 9.17) is 10.5 Å². The molecule has 0 aliphatic carbocycles. The second-order valence-corrected chi connectivity index (χ2v) is 3.71. The normalized spacial score (nSPS) is 10.2. The number of hydrogen-bond donors (Lipinski definition) is 1. The first-order valence-electron chi connectivity index (χ1n) is 5.88. The molecule has 1 rings (SSSR count). The van der Waals surface area contributed by atoms with Crippen molar-refractivity contribution < 1.29 is 4.74 Å². The van der Waals surface area contributed by atoms with E-state index in [1.165, 1.54) is 11.3 Å². The summed E-state index contributed by atoms with van der Waals surface area (Å²) in [5.41, 5.74) is 7.96. The van der Waals surface area contributed by atoms with Gasteiger partial charge in [-0.05, 0) is 38.4 Å². The van der Waals surface area contributed by atoms with Gasteiger partial charge in [-0.25, -0.2) is 0 Å². The molecule has 0 amide bonds.